The number of benzene rings is 2. The number of nitrogens with one attached hydrogen (secondary N) is 2. The second-order valence-electron chi connectivity index (χ2n) is 8.34. The van der Waals surface area contributed by atoms with Crippen molar-refractivity contribution in [2.45, 2.75) is 37.3 Å². The number of ether oxygens (including phenoxy) is 2. The predicted molar refractivity (Wildman–Crippen MR) is 136 cm³/mol. The zero-order valence-corrected chi connectivity index (χ0v) is 20.8. The number of fused-ring (bicyclic) bond motifs is 3. The molecular formula is C26H32N2O6S. The highest BCUT2D eigenvalue weighted by Crippen LogP contribution is 2.44. The molecule has 2 unspecified atom stereocenters. The first-order valence-corrected chi connectivity index (χ1v) is 13.0. The minimum absolute atomic E-state index is 0.0937. The van der Waals surface area contributed by atoms with Gasteiger partial charge >= 0.3 is 12.1 Å². The van der Waals surface area contributed by atoms with Crippen molar-refractivity contribution >= 4 is 29.7 Å². The number of rotatable bonds is 13. The van der Waals surface area contributed by atoms with Crippen molar-refractivity contribution in [1.82, 2.24) is 10.6 Å². The molecule has 0 saturated carbocycles. The van der Waals surface area contributed by atoms with Gasteiger partial charge in [-0.3, -0.25) is 4.79 Å². The first-order valence-electron chi connectivity index (χ1n) is 11.6. The molecule has 0 saturated heterocycles. The number of methoxy groups -OCH3 is 1. The molecule has 0 bridgehead atoms. The zero-order valence-electron chi connectivity index (χ0n) is 20.0. The van der Waals surface area contributed by atoms with Crippen molar-refractivity contribution in [3.63, 3.8) is 0 Å². The third-order valence-electron chi connectivity index (χ3n) is 6.02. The van der Waals surface area contributed by atoms with Gasteiger partial charge in [-0.1, -0.05) is 48.5 Å². The van der Waals surface area contributed by atoms with Gasteiger partial charge in [0.05, 0.1) is 0 Å². The maximum atomic E-state index is 12.8. The van der Waals surface area contributed by atoms with E-state index in [0.717, 1.165) is 22.3 Å². The summed E-state index contributed by atoms with van der Waals surface area (Å²) in [7, 11) is 1.53. The summed E-state index contributed by atoms with van der Waals surface area (Å²) in [6.45, 7) is 0.527. The molecule has 0 aliphatic heterocycles. The third-order valence-corrected chi connectivity index (χ3v) is 6.66. The highest BCUT2D eigenvalue weighted by Gasteiger charge is 2.30. The molecule has 8 nitrogen and oxygen atoms in total. The average Bonchev–Trinajstić information content (AvgIpc) is 3.18. The van der Waals surface area contributed by atoms with E-state index in [4.69, 9.17) is 9.47 Å². The number of amides is 2. The Balaban J connectivity index is 1.62. The van der Waals surface area contributed by atoms with E-state index in [1.807, 2.05) is 42.7 Å². The number of carbonyl (C=O) groups excluding carboxylic acids is 2. The Kier molecular flexibility index (Phi) is 9.98. The van der Waals surface area contributed by atoms with Crippen LogP contribution in [0, 0.1) is 0 Å². The van der Waals surface area contributed by atoms with Crippen LogP contribution in [0.15, 0.2) is 48.5 Å². The SMILES string of the molecule is COCCCC(NC(=O)C(CCSC)NC(=O)OCC1c2ccccc2-c2ccccc21)C(=O)O. The first-order chi connectivity index (χ1) is 17.0. The minimum Gasteiger partial charge on any atom is -0.480 e. The molecule has 0 fully saturated rings. The fourth-order valence-electron chi connectivity index (χ4n) is 4.25. The molecule has 0 heterocycles. The van der Waals surface area contributed by atoms with E-state index < -0.39 is 30.1 Å². The monoisotopic (exact) mass is 500 g/mol. The van der Waals surface area contributed by atoms with Crippen molar-refractivity contribution in [3.05, 3.63) is 59.7 Å². The number of carboxylic acid groups (broad SMARTS) is 1. The van der Waals surface area contributed by atoms with Crippen LogP contribution in [0.4, 0.5) is 4.79 Å². The summed E-state index contributed by atoms with van der Waals surface area (Å²) in [5.74, 6) is -1.15. The van der Waals surface area contributed by atoms with Crippen molar-refractivity contribution < 1.29 is 29.0 Å². The van der Waals surface area contributed by atoms with Crippen LogP contribution in [0.5, 0.6) is 0 Å². The van der Waals surface area contributed by atoms with Crippen molar-refractivity contribution in [1.29, 1.82) is 0 Å². The van der Waals surface area contributed by atoms with Crippen molar-refractivity contribution in [3.8, 4) is 11.1 Å². The zero-order chi connectivity index (χ0) is 25.2. The van der Waals surface area contributed by atoms with E-state index in [2.05, 4.69) is 22.8 Å². The van der Waals surface area contributed by atoms with E-state index in [0.29, 0.717) is 25.2 Å². The molecule has 2 atom stereocenters. The number of carbonyl (C=O) groups is 3. The molecule has 188 valence electrons. The van der Waals surface area contributed by atoms with E-state index in [1.54, 1.807) is 0 Å². The molecule has 2 aromatic rings. The van der Waals surface area contributed by atoms with Crippen LogP contribution in [0.3, 0.4) is 0 Å². The van der Waals surface area contributed by atoms with Crippen LogP contribution in [-0.4, -0.2) is 67.5 Å². The predicted octanol–water partition coefficient (Wildman–Crippen LogP) is 3.64. The van der Waals surface area contributed by atoms with Gasteiger partial charge in [0.25, 0.3) is 0 Å². The number of aliphatic carboxylic acids is 1. The summed E-state index contributed by atoms with van der Waals surface area (Å²) in [4.78, 5) is 37.1. The summed E-state index contributed by atoms with van der Waals surface area (Å²) in [5.41, 5.74) is 4.45. The smallest absolute Gasteiger partial charge is 0.407 e. The fraction of sp³-hybridized carbons (Fsp3) is 0.423. The Morgan fingerprint density at radius 3 is 2.17 bits per heavy atom. The Hall–Kier alpha value is -3.04. The minimum atomic E-state index is -1.13. The molecule has 1 aliphatic carbocycles. The largest absolute Gasteiger partial charge is 0.480 e. The summed E-state index contributed by atoms with van der Waals surface area (Å²) < 4.78 is 10.5. The lowest BCUT2D eigenvalue weighted by Gasteiger charge is -2.22. The third kappa shape index (κ3) is 6.99. The van der Waals surface area contributed by atoms with E-state index in [1.165, 1.54) is 18.9 Å². The second kappa shape index (κ2) is 13.2. The van der Waals surface area contributed by atoms with Gasteiger partial charge in [-0.15, -0.1) is 0 Å². The maximum absolute atomic E-state index is 12.8. The van der Waals surface area contributed by atoms with E-state index >= 15 is 0 Å². The lowest BCUT2D eigenvalue weighted by atomic mass is 9.98. The lowest BCUT2D eigenvalue weighted by Crippen LogP contribution is -2.52. The van der Waals surface area contributed by atoms with Crippen molar-refractivity contribution in [2.75, 3.05) is 32.3 Å². The van der Waals surface area contributed by atoms with Crippen LogP contribution in [0.1, 0.15) is 36.3 Å². The standard InChI is InChI=1S/C26H32N2O6S/c1-33-14-7-12-23(25(30)31)27-24(29)22(13-15-35-2)28-26(32)34-16-21-19-10-5-3-8-17(19)18-9-4-6-11-20(18)21/h3-6,8-11,21-23H,7,12-16H2,1-2H3,(H,27,29)(H,28,32)(H,30,31). The highest BCUT2D eigenvalue weighted by atomic mass is 32.2. The summed E-state index contributed by atoms with van der Waals surface area (Å²) in [6, 6.07) is 14.1. The van der Waals surface area contributed by atoms with Gasteiger partial charge in [0, 0.05) is 19.6 Å². The topological polar surface area (TPSA) is 114 Å². The summed E-state index contributed by atoms with van der Waals surface area (Å²) in [5, 5.41) is 14.6. The average molecular weight is 501 g/mol. The van der Waals surface area contributed by atoms with Crippen LogP contribution in [0.2, 0.25) is 0 Å². The quantitative estimate of drug-likeness (QED) is 0.360. The van der Waals surface area contributed by atoms with Gasteiger partial charge in [0.2, 0.25) is 5.91 Å². The highest BCUT2D eigenvalue weighted by molar-refractivity contribution is 7.98. The van der Waals surface area contributed by atoms with E-state index in [-0.39, 0.29) is 18.9 Å². The van der Waals surface area contributed by atoms with Crippen LogP contribution >= 0.6 is 11.8 Å². The molecule has 1 aliphatic rings. The molecule has 9 heteroatoms. The number of hydrogen-bond donors (Lipinski definition) is 3. The van der Waals surface area contributed by atoms with Crippen LogP contribution in [0.25, 0.3) is 11.1 Å². The second-order valence-corrected chi connectivity index (χ2v) is 9.32. The maximum Gasteiger partial charge on any atom is 0.407 e. The van der Waals surface area contributed by atoms with Gasteiger partial charge < -0.3 is 25.2 Å². The number of alkyl carbamates (subject to hydrolysis) is 1. The molecular weight excluding hydrogens is 468 g/mol. The lowest BCUT2D eigenvalue weighted by molar-refractivity contribution is -0.142. The number of hydrogen-bond acceptors (Lipinski definition) is 6. The number of thioether (sulfide) groups is 1. The molecule has 3 rings (SSSR count). The normalized spacial score (nSPS) is 13.9. The molecule has 0 spiro atoms. The van der Waals surface area contributed by atoms with Gasteiger partial charge in [-0.2, -0.15) is 11.8 Å². The fourth-order valence-corrected chi connectivity index (χ4v) is 4.72. The molecule has 35 heavy (non-hydrogen) atoms. The Morgan fingerprint density at radius 2 is 1.60 bits per heavy atom. The van der Waals surface area contributed by atoms with Crippen LogP contribution < -0.4 is 10.6 Å². The Morgan fingerprint density at radius 1 is 0.971 bits per heavy atom. The molecule has 2 aromatic carbocycles. The van der Waals surface area contributed by atoms with Gasteiger partial charge in [-0.05, 0) is 53.5 Å². The summed E-state index contributed by atoms with van der Waals surface area (Å²) >= 11 is 1.53. The summed E-state index contributed by atoms with van der Waals surface area (Å²) in [6.07, 6.45) is 2.26. The molecule has 2 amide bonds. The van der Waals surface area contributed by atoms with Gasteiger partial charge in [0.15, 0.2) is 0 Å². The molecule has 0 radical (unpaired) electrons. The van der Waals surface area contributed by atoms with Gasteiger partial charge in [-0.25, -0.2) is 9.59 Å². The van der Waals surface area contributed by atoms with Crippen LogP contribution in [-0.2, 0) is 19.1 Å². The van der Waals surface area contributed by atoms with Crippen molar-refractivity contribution in [2.24, 2.45) is 0 Å². The molecule has 0 aromatic heterocycles. The molecule has 3 N–H and O–H groups in total. The van der Waals surface area contributed by atoms with E-state index in [9.17, 15) is 19.5 Å². The Labute approximate surface area is 209 Å². The first kappa shape index (κ1) is 26.6. The number of carboxylic acids is 1. The Bertz CT molecular complexity index is 985. The van der Waals surface area contributed by atoms with Gasteiger partial charge in [0.1, 0.15) is 18.7 Å².